The van der Waals surface area contributed by atoms with Crippen molar-refractivity contribution in [2.75, 3.05) is 14.2 Å². The summed E-state index contributed by atoms with van der Waals surface area (Å²) >= 11 is 0. The van der Waals surface area contributed by atoms with Gasteiger partial charge in [-0.15, -0.1) is 0 Å². The van der Waals surface area contributed by atoms with E-state index in [1.54, 1.807) is 12.1 Å². The molecule has 0 aliphatic heterocycles. The van der Waals surface area contributed by atoms with E-state index in [-0.39, 0.29) is 5.82 Å². The summed E-state index contributed by atoms with van der Waals surface area (Å²) in [5.74, 6) is 0.486. The van der Waals surface area contributed by atoms with Crippen LogP contribution in [-0.4, -0.2) is 20.2 Å². The minimum atomic E-state index is -0.288. The lowest BCUT2D eigenvalue weighted by Gasteiger charge is -2.19. The molecule has 0 bridgehead atoms. The smallest absolute Gasteiger partial charge is 0.165 e. The molecule has 16 heavy (non-hydrogen) atoms. The number of methoxy groups -OCH3 is 1. The van der Waals surface area contributed by atoms with Crippen molar-refractivity contribution >= 4 is 0 Å². The van der Waals surface area contributed by atoms with Crippen molar-refractivity contribution in [3.8, 4) is 5.75 Å². The molecule has 1 aromatic rings. The summed E-state index contributed by atoms with van der Waals surface area (Å²) in [5.41, 5.74) is 1.01. The van der Waals surface area contributed by atoms with Gasteiger partial charge >= 0.3 is 0 Å². The zero-order valence-corrected chi connectivity index (χ0v) is 10.4. The third-order valence-electron chi connectivity index (χ3n) is 3.08. The van der Waals surface area contributed by atoms with Gasteiger partial charge in [0, 0.05) is 6.04 Å². The Kier molecular flexibility index (Phi) is 4.74. The van der Waals surface area contributed by atoms with Crippen LogP contribution in [0.1, 0.15) is 19.4 Å². The van der Waals surface area contributed by atoms with Gasteiger partial charge in [0.25, 0.3) is 0 Å². The van der Waals surface area contributed by atoms with E-state index in [1.165, 1.54) is 7.11 Å². The molecule has 2 nitrogen and oxygen atoms in total. The quantitative estimate of drug-likeness (QED) is 0.831. The summed E-state index contributed by atoms with van der Waals surface area (Å²) in [6, 6.07) is 5.57. The third-order valence-corrected chi connectivity index (χ3v) is 3.08. The van der Waals surface area contributed by atoms with Crippen LogP contribution in [-0.2, 0) is 6.42 Å². The van der Waals surface area contributed by atoms with E-state index >= 15 is 0 Å². The van der Waals surface area contributed by atoms with Gasteiger partial charge in [0.2, 0.25) is 0 Å². The molecular formula is C13H20FNO. The summed E-state index contributed by atoms with van der Waals surface area (Å²) in [6.07, 6.45) is 0.864. The van der Waals surface area contributed by atoms with Crippen LogP contribution in [0.3, 0.4) is 0 Å². The second-order valence-corrected chi connectivity index (χ2v) is 4.23. The number of nitrogens with one attached hydrogen (secondary N) is 1. The highest BCUT2D eigenvalue weighted by atomic mass is 19.1. The van der Waals surface area contributed by atoms with Crippen molar-refractivity contribution < 1.29 is 9.13 Å². The van der Waals surface area contributed by atoms with Crippen molar-refractivity contribution in [3.63, 3.8) is 0 Å². The molecule has 90 valence electrons. The SMILES string of the molecule is CNC(C)C(C)Cc1ccc(OC)c(F)c1. The molecule has 0 spiro atoms. The maximum Gasteiger partial charge on any atom is 0.165 e. The Bertz CT molecular complexity index is 341. The Hall–Kier alpha value is -1.09. The standard InChI is InChI=1S/C13H20FNO/c1-9(10(2)15-3)7-11-5-6-13(16-4)12(14)8-11/h5-6,8-10,15H,7H2,1-4H3. The first-order valence-electron chi connectivity index (χ1n) is 5.58. The second kappa shape index (κ2) is 5.85. The highest BCUT2D eigenvalue weighted by Gasteiger charge is 2.12. The Morgan fingerprint density at radius 1 is 1.38 bits per heavy atom. The van der Waals surface area contributed by atoms with E-state index in [9.17, 15) is 4.39 Å². The number of ether oxygens (including phenoxy) is 1. The summed E-state index contributed by atoms with van der Waals surface area (Å²) < 4.78 is 18.3. The van der Waals surface area contributed by atoms with Gasteiger partial charge in [-0.25, -0.2) is 4.39 Å². The van der Waals surface area contributed by atoms with Gasteiger partial charge in [-0.3, -0.25) is 0 Å². The van der Waals surface area contributed by atoms with Gasteiger partial charge in [-0.05, 0) is 44.0 Å². The van der Waals surface area contributed by atoms with Crippen LogP contribution in [0, 0.1) is 11.7 Å². The summed E-state index contributed by atoms with van der Waals surface area (Å²) in [5, 5.41) is 3.20. The lowest BCUT2D eigenvalue weighted by molar-refractivity contribution is 0.384. The van der Waals surface area contributed by atoms with Gasteiger partial charge in [0.1, 0.15) is 0 Å². The van der Waals surface area contributed by atoms with E-state index in [0.29, 0.717) is 17.7 Å². The number of benzene rings is 1. The highest BCUT2D eigenvalue weighted by Crippen LogP contribution is 2.20. The Balaban J connectivity index is 2.71. The van der Waals surface area contributed by atoms with Crippen molar-refractivity contribution in [1.29, 1.82) is 0 Å². The predicted octanol–water partition coefficient (Wildman–Crippen LogP) is 2.62. The molecule has 1 aromatic carbocycles. The molecule has 0 aliphatic rings. The number of rotatable bonds is 5. The topological polar surface area (TPSA) is 21.3 Å². The van der Waals surface area contributed by atoms with Crippen LogP contribution in [0.4, 0.5) is 4.39 Å². The maximum atomic E-state index is 13.4. The fourth-order valence-electron chi connectivity index (χ4n) is 1.67. The van der Waals surface area contributed by atoms with Gasteiger partial charge in [-0.1, -0.05) is 13.0 Å². The van der Waals surface area contributed by atoms with Crippen molar-refractivity contribution in [3.05, 3.63) is 29.6 Å². The fraction of sp³-hybridized carbons (Fsp3) is 0.538. The average molecular weight is 225 g/mol. The number of halogens is 1. The van der Waals surface area contributed by atoms with E-state index in [4.69, 9.17) is 4.74 Å². The largest absolute Gasteiger partial charge is 0.494 e. The molecule has 1 rings (SSSR count). The Morgan fingerprint density at radius 3 is 2.56 bits per heavy atom. The lowest BCUT2D eigenvalue weighted by atomic mass is 9.95. The van der Waals surface area contributed by atoms with Gasteiger partial charge in [-0.2, -0.15) is 0 Å². The molecule has 0 amide bonds. The first-order chi connectivity index (χ1) is 7.58. The van der Waals surface area contributed by atoms with Crippen molar-refractivity contribution in [1.82, 2.24) is 5.32 Å². The van der Waals surface area contributed by atoms with Crippen LogP contribution in [0.15, 0.2) is 18.2 Å². The van der Waals surface area contributed by atoms with E-state index in [0.717, 1.165) is 12.0 Å². The maximum absolute atomic E-state index is 13.4. The first kappa shape index (κ1) is 13.0. The van der Waals surface area contributed by atoms with Crippen LogP contribution in [0.5, 0.6) is 5.75 Å². The zero-order valence-electron chi connectivity index (χ0n) is 10.4. The van der Waals surface area contributed by atoms with Gasteiger partial charge < -0.3 is 10.1 Å². The van der Waals surface area contributed by atoms with Crippen LogP contribution in [0.25, 0.3) is 0 Å². The molecule has 2 unspecified atom stereocenters. The Morgan fingerprint density at radius 2 is 2.06 bits per heavy atom. The highest BCUT2D eigenvalue weighted by molar-refractivity contribution is 5.29. The molecule has 0 aliphatic carbocycles. The fourth-order valence-corrected chi connectivity index (χ4v) is 1.67. The molecule has 0 heterocycles. The van der Waals surface area contributed by atoms with E-state index < -0.39 is 0 Å². The van der Waals surface area contributed by atoms with Crippen LogP contribution < -0.4 is 10.1 Å². The number of hydrogen-bond acceptors (Lipinski definition) is 2. The van der Waals surface area contributed by atoms with Crippen molar-refractivity contribution in [2.24, 2.45) is 5.92 Å². The Labute approximate surface area is 96.8 Å². The normalized spacial score (nSPS) is 14.6. The molecule has 2 atom stereocenters. The molecule has 1 N–H and O–H groups in total. The summed E-state index contributed by atoms with van der Waals surface area (Å²) in [6.45, 7) is 4.29. The minimum Gasteiger partial charge on any atom is -0.494 e. The summed E-state index contributed by atoms with van der Waals surface area (Å²) in [4.78, 5) is 0. The lowest BCUT2D eigenvalue weighted by Crippen LogP contribution is -2.29. The first-order valence-corrected chi connectivity index (χ1v) is 5.58. The summed E-state index contributed by atoms with van der Waals surface area (Å²) in [7, 11) is 3.42. The molecular weight excluding hydrogens is 205 g/mol. The van der Waals surface area contributed by atoms with Gasteiger partial charge in [0.15, 0.2) is 11.6 Å². The molecule has 3 heteroatoms. The van der Waals surface area contributed by atoms with E-state index in [2.05, 4.69) is 19.2 Å². The predicted molar refractivity (Wildman–Crippen MR) is 64.3 cm³/mol. The van der Waals surface area contributed by atoms with Crippen molar-refractivity contribution in [2.45, 2.75) is 26.3 Å². The van der Waals surface area contributed by atoms with Crippen LogP contribution in [0.2, 0.25) is 0 Å². The third kappa shape index (κ3) is 3.20. The molecule has 0 saturated carbocycles. The zero-order chi connectivity index (χ0) is 12.1. The van der Waals surface area contributed by atoms with Crippen LogP contribution >= 0.6 is 0 Å². The molecule has 0 fully saturated rings. The molecule has 0 radical (unpaired) electrons. The number of hydrogen-bond donors (Lipinski definition) is 1. The minimum absolute atomic E-state index is 0.288. The molecule has 0 aromatic heterocycles. The second-order valence-electron chi connectivity index (χ2n) is 4.23. The van der Waals surface area contributed by atoms with Gasteiger partial charge in [0.05, 0.1) is 7.11 Å². The monoisotopic (exact) mass is 225 g/mol. The molecule has 0 saturated heterocycles. The average Bonchev–Trinajstić information content (AvgIpc) is 2.28. The van der Waals surface area contributed by atoms with E-state index in [1.807, 2.05) is 13.1 Å².